The number of para-hydroxylation sites is 1. The van der Waals surface area contributed by atoms with Gasteiger partial charge in [-0.15, -0.1) is 0 Å². The van der Waals surface area contributed by atoms with E-state index in [9.17, 15) is 9.59 Å². The lowest BCUT2D eigenvalue weighted by Gasteiger charge is -2.19. The first-order valence-corrected chi connectivity index (χ1v) is 9.16. The van der Waals surface area contributed by atoms with E-state index in [1.165, 1.54) is 4.90 Å². The molecular weight excluding hydrogens is 392 g/mol. The minimum atomic E-state index is -0.692. The molecule has 0 spiro atoms. The van der Waals surface area contributed by atoms with Crippen LogP contribution in [0, 0.1) is 11.3 Å². The maximum absolute atomic E-state index is 12.4. The second kappa shape index (κ2) is 9.58. The highest BCUT2D eigenvalue weighted by molar-refractivity contribution is 6.35. The summed E-state index contributed by atoms with van der Waals surface area (Å²) in [4.78, 5) is 25.6. The zero-order valence-electron chi connectivity index (χ0n) is 15.4. The Balaban J connectivity index is 1.58. The number of carbonyl (C=O) groups excluding carboxylic acids is 2. The topological polar surface area (TPSA) is 79.6 Å². The Labute approximate surface area is 172 Å². The Morgan fingerprint density at radius 1 is 0.931 bits per heavy atom. The summed E-state index contributed by atoms with van der Waals surface area (Å²) < 4.78 is 10.6. The lowest BCUT2D eigenvalue weighted by molar-refractivity contribution is -0.149. The number of rotatable bonds is 7. The lowest BCUT2D eigenvalue weighted by Crippen LogP contribution is -2.35. The Kier molecular flexibility index (Phi) is 6.67. The third-order valence-corrected chi connectivity index (χ3v) is 4.46. The molecule has 29 heavy (non-hydrogen) atoms. The Hall–Kier alpha value is -3.56. The number of halogens is 1. The number of carbonyl (C=O) groups is 2. The number of amides is 1. The molecular formula is C22H17ClN2O4. The average Bonchev–Trinajstić information content (AvgIpc) is 2.76. The summed E-state index contributed by atoms with van der Waals surface area (Å²) in [6.45, 7) is -0.990. The highest BCUT2D eigenvalue weighted by Gasteiger charge is 2.17. The number of anilines is 1. The molecule has 0 heterocycles. The van der Waals surface area contributed by atoms with E-state index in [-0.39, 0.29) is 13.2 Å². The molecule has 3 aromatic carbocycles. The molecule has 1 amide bonds. The van der Waals surface area contributed by atoms with E-state index in [4.69, 9.17) is 26.3 Å². The van der Waals surface area contributed by atoms with Crippen molar-refractivity contribution in [2.45, 2.75) is 0 Å². The van der Waals surface area contributed by atoms with Crippen LogP contribution in [0.1, 0.15) is 0 Å². The van der Waals surface area contributed by atoms with Crippen molar-refractivity contribution in [3.8, 4) is 11.8 Å². The van der Waals surface area contributed by atoms with E-state index in [1.807, 2.05) is 30.3 Å². The summed E-state index contributed by atoms with van der Waals surface area (Å²) in [7, 11) is 0. The van der Waals surface area contributed by atoms with Crippen molar-refractivity contribution >= 4 is 39.9 Å². The Bertz CT molecular complexity index is 1060. The van der Waals surface area contributed by atoms with Gasteiger partial charge in [0, 0.05) is 21.5 Å². The van der Waals surface area contributed by atoms with Gasteiger partial charge in [-0.1, -0.05) is 54.1 Å². The van der Waals surface area contributed by atoms with Crippen LogP contribution in [-0.2, 0) is 14.3 Å². The monoisotopic (exact) mass is 408 g/mol. The average molecular weight is 409 g/mol. The van der Waals surface area contributed by atoms with Gasteiger partial charge >= 0.3 is 5.97 Å². The van der Waals surface area contributed by atoms with Gasteiger partial charge in [0.15, 0.2) is 13.2 Å². The van der Waals surface area contributed by atoms with Crippen LogP contribution in [0.5, 0.6) is 5.75 Å². The number of fused-ring (bicyclic) bond motifs is 1. The fraction of sp³-hybridized carbons (Fsp3) is 0.136. The zero-order valence-corrected chi connectivity index (χ0v) is 16.1. The fourth-order valence-corrected chi connectivity index (χ4v) is 2.99. The van der Waals surface area contributed by atoms with Crippen LogP contribution in [0.3, 0.4) is 0 Å². The SMILES string of the molecule is N#CCN(C(=O)COC(=O)COc1ccc(Cl)c2ccccc12)c1ccccc1. The normalized spacial score (nSPS) is 10.2. The van der Waals surface area contributed by atoms with Crippen molar-refractivity contribution < 1.29 is 19.1 Å². The van der Waals surface area contributed by atoms with Crippen molar-refractivity contribution in [2.75, 3.05) is 24.7 Å². The van der Waals surface area contributed by atoms with Gasteiger partial charge in [0.25, 0.3) is 5.91 Å². The molecule has 0 saturated heterocycles. The van der Waals surface area contributed by atoms with Gasteiger partial charge in [0.05, 0.1) is 6.07 Å². The molecule has 0 aliphatic carbocycles. The standard InChI is InChI=1S/C22H17ClN2O4/c23-19-10-11-20(18-9-5-4-8-17(18)19)28-15-22(27)29-14-21(26)25(13-12-24)16-6-2-1-3-7-16/h1-11H,13-15H2. The molecule has 0 aromatic heterocycles. The molecule has 0 aliphatic heterocycles. The smallest absolute Gasteiger partial charge is 0.344 e. The van der Waals surface area contributed by atoms with E-state index >= 15 is 0 Å². The van der Waals surface area contributed by atoms with Crippen LogP contribution >= 0.6 is 11.6 Å². The lowest BCUT2D eigenvalue weighted by atomic mass is 10.1. The van der Waals surface area contributed by atoms with Gasteiger partial charge in [0.1, 0.15) is 12.3 Å². The number of hydrogen-bond donors (Lipinski definition) is 0. The molecule has 0 atom stereocenters. The molecule has 0 N–H and O–H groups in total. The zero-order chi connectivity index (χ0) is 20.6. The number of nitrogens with zero attached hydrogens (tertiary/aromatic N) is 2. The summed E-state index contributed by atoms with van der Waals surface area (Å²) >= 11 is 6.17. The van der Waals surface area contributed by atoms with Crippen LogP contribution in [0.15, 0.2) is 66.7 Å². The molecule has 3 rings (SSSR count). The van der Waals surface area contributed by atoms with Crippen molar-refractivity contribution in [3.63, 3.8) is 0 Å². The minimum absolute atomic E-state index is 0.145. The molecule has 0 unspecified atom stereocenters. The third kappa shape index (κ3) is 5.03. The van der Waals surface area contributed by atoms with E-state index < -0.39 is 18.5 Å². The quantitative estimate of drug-likeness (QED) is 0.436. The second-order valence-corrected chi connectivity index (χ2v) is 6.42. The van der Waals surface area contributed by atoms with E-state index in [2.05, 4.69) is 0 Å². The van der Waals surface area contributed by atoms with Gasteiger partial charge in [-0.2, -0.15) is 5.26 Å². The van der Waals surface area contributed by atoms with Gasteiger partial charge in [0.2, 0.25) is 0 Å². The number of esters is 1. The Morgan fingerprint density at radius 2 is 1.62 bits per heavy atom. The van der Waals surface area contributed by atoms with Gasteiger partial charge < -0.3 is 9.47 Å². The van der Waals surface area contributed by atoms with Gasteiger partial charge in [-0.3, -0.25) is 9.69 Å². The highest BCUT2D eigenvalue weighted by Crippen LogP contribution is 2.31. The first kappa shape index (κ1) is 20.2. The van der Waals surface area contributed by atoms with Crippen LogP contribution in [0.4, 0.5) is 5.69 Å². The molecule has 0 fully saturated rings. The molecule has 146 valence electrons. The van der Waals surface area contributed by atoms with Crippen LogP contribution < -0.4 is 9.64 Å². The predicted octanol–water partition coefficient (Wildman–Crippen LogP) is 3.97. The molecule has 3 aromatic rings. The maximum Gasteiger partial charge on any atom is 0.344 e. The number of ether oxygens (including phenoxy) is 2. The van der Waals surface area contributed by atoms with Gasteiger partial charge in [-0.05, 0) is 24.3 Å². The summed E-state index contributed by atoms with van der Waals surface area (Å²) in [6.07, 6.45) is 0. The van der Waals surface area contributed by atoms with Crippen molar-refractivity contribution in [2.24, 2.45) is 0 Å². The number of nitriles is 1. The van der Waals surface area contributed by atoms with E-state index in [1.54, 1.807) is 42.5 Å². The van der Waals surface area contributed by atoms with Crippen molar-refractivity contribution in [1.82, 2.24) is 0 Å². The summed E-state index contributed by atoms with van der Waals surface area (Å²) in [6, 6.07) is 21.4. The molecule has 0 saturated carbocycles. The molecule has 6 nitrogen and oxygen atoms in total. The summed E-state index contributed by atoms with van der Waals surface area (Å²) in [5, 5.41) is 11.1. The van der Waals surface area contributed by atoms with Crippen LogP contribution in [-0.4, -0.2) is 31.6 Å². The van der Waals surface area contributed by atoms with Crippen LogP contribution in [0.25, 0.3) is 10.8 Å². The highest BCUT2D eigenvalue weighted by atomic mass is 35.5. The van der Waals surface area contributed by atoms with E-state index in [0.717, 1.165) is 10.8 Å². The molecule has 0 radical (unpaired) electrons. The van der Waals surface area contributed by atoms with Gasteiger partial charge in [-0.25, -0.2) is 4.79 Å². The van der Waals surface area contributed by atoms with Crippen LogP contribution in [0.2, 0.25) is 5.02 Å². The largest absolute Gasteiger partial charge is 0.481 e. The molecule has 0 aliphatic rings. The van der Waals surface area contributed by atoms with Crippen molar-refractivity contribution in [1.29, 1.82) is 5.26 Å². The maximum atomic E-state index is 12.4. The molecule has 7 heteroatoms. The number of benzene rings is 3. The minimum Gasteiger partial charge on any atom is -0.481 e. The third-order valence-electron chi connectivity index (χ3n) is 4.13. The molecule has 0 bridgehead atoms. The fourth-order valence-electron chi connectivity index (χ4n) is 2.76. The summed E-state index contributed by atoms with van der Waals surface area (Å²) in [5.74, 6) is -0.700. The van der Waals surface area contributed by atoms with E-state index in [0.29, 0.717) is 16.5 Å². The second-order valence-electron chi connectivity index (χ2n) is 6.01. The number of hydrogen-bond acceptors (Lipinski definition) is 5. The summed E-state index contributed by atoms with van der Waals surface area (Å²) in [5.41, 5.74) is 0.555. The Morgan fingerprint density at radius 3 is 2.34 bits per heavy atom. The first-order valence-electron chi connectivity index (χ1n) is 8.78. The first-order chi connectivity index (χ1) is 14.1. The predicted molar refractivity (Wildman–Crippen MR) is 110 cm³/mol. The van der Waals surface area contributed by atoms with Crippen molar-refractivity contribution in [3.05, 3.63) is 71.8 Å².